The number of rotatable bonds is 3. The molecule has 0 bridgehead atoms. The molecule has 0 saturated carbocycles. The van der Waals surface area contributed by atoms with Gasteiger partial charge >= 0.3 is 0 Å². The van der Waals surface area contributed by atoms with Crippen LogP contribution in [0.4, 0.5) is 4.39 Å². The number of nitrogens with two attached hydrogens (primary N) is 1. The average molecular weight is 334 g/mol. The van der Waals surface area contributed by atoms with Crippen LogP contribution in [0.15, 0.2) is 23.1 Å². The third kappa shape index (κ3) is 3.71. The van der Waals surface area contributed by atoms with Gasteiger partial charge in [-0.15, -0.1) is 12.4 Å². The summed E-state index contributed by atoms with van der Waals surface area (Å²) in [5, 5.41) is 8.78. The normalized spacial score (nSPS) is 19.6. The van der Waals surface area contributed by atoms with Gasteiger partial charge in [-0.2, -0.15) is 9.57 Å². The number of benzene rings is 1. The van der Waals surface area contributed by atoms with Crippen LogP contribution in [0.3, 0.4) is 0 Å². The quantitative estimate of drug-likeness (QED) is 0.907. The standard InChI is InChI=1S/C13H16FN3O2S.ClH/c14-13-4-3-12(6-11(13)8-16)20(18,19)17-5-1-2-10(7-15)9-17;/h3-4,6,10H,1-2,5,7,9,15H2;1H. The number of hydrogen-bond acceptors (Lipinski definition) is 4. The fraction of sp³-hybridized carbons (Fsp3) is 0.462. The van der Waals surface area contributed by atoms with E-state index in [2.05, 4.69) is 0 Å². The molecule has 0 aromatic heterocycles. The van der Waals surface area contributed by atoms with Gasteiger partial charge in [0.15, 0.2) is 0 Å². The van der Waals surface area contributed by atoms with E-state index in [-0.39, 0.29) is 28.8 Å². The summed E-state index contributed by atoms with van der Waals surface area (Å²) in [6, 6.07) is 4.93. The first-order valence-electron chi connectivity index (χ1n) is 6.39. The van der Waals surface area contributed by atoms with E-state index in [1.165, 1.54) is 10.4 Å². The van der Waals surface area contributed by atoms with Crippen LogP contribution in [-0.2, 0) is 10.0 Å². The summed E-state index contributed by atoms with van der Waals surface area (Å²) in [6.07, 6.45) is 1.67. The minimum atomic E-state index is -3.69. The van der Waals surface area contributed by atoms with Crippen molar-refractivity contribution in [3.8, 4) is 6.07 Å². The summed E-state index contributed by atoms with van der Waals surface area (Å²) in [4.78, 5) is -0.0480. The van der Waals surface area contributed by atoms with Crippen LogP contribution < -0.4 is 5.73 Å². The van der Waals surface area contributed by atoms with Crippen LogP contribution in [0.25, 0.3) is 0 Å². The Kier molecular flexibility index (Phi) is 6.10. The molecule has 1 aromatic carbocycles. The minimum Gasteiger partial charge on any atom is -0.330 e. The highest BCUT2D eigenvalue weighted by molar-refractivity contribution is 7.89. The highest BCUT2D eigenvalue weighted by Crippen LogP contribution is 2.24. The third-order valence-electron chi connectivity index (χ3n) is 3.51. The number of halogens is 2. The molecule has 8 heteroatoms. The van der Waals surface area contributed by atoms with Crippen LogP contribution in [0.5, 0.6) is 0 Å². The summed E-state index contributed by atoms with van der Waals surface area (Å²) in [5.74, 6) is -0.570. The van der Waals surface area contributed by atoms with Gasteiger partial charge in [0.2, 0.25) is 10.0 Å². The van der Waals surface area contributed by atoms with Crippen molar-refractivity contribution in [2.45, 2.75) is 17.7 Å². The Morgan fingerprint density at radius 2 is 2.19 bits per heavy atom. The zero-order chi connectivity index (χ0) is 14.8. The Bertz CT molecular complexity index is 645. The van der Waals surface area contributed by atoms with Gasteiger partial charge in [0, 0.05) is 13.1 Å². The molecule has 2 rings (SSSR count). The fourth-order valence-corrected chi connectivity index (χ4v) is 3.92. The predicted molar refractivity (Wildman–Crippen MR) is 78.9 cm³/mol. The lowest BCUT2D eigenvalue weighted by atomic mass is 10.0. The first kappa shape index (κ1) is 17.9. The molecule has 1 aromatic rings. The van der Waals surface area contributed by atoms with E-state index in [4.69, 9.17) is 11.0 Å². The van der Waals surface area contributed by atoms with Crippen LogP contribution in [0.2, 0.25) is 0 Å². The topological polar surface area (TPSA) is 87.2 Å². The Morgan fingerprint density at radius 3 is 2.81 bits per heavy atom. The van der Waals surface area contributed by atoms with Gasteiger partial charge in [-0.1, -0.05) is 0 Å². The molecule has 0 spiro atoms. The molecule has 1 heterocycles. The van der Waals surface area contributed by atoms with Crippen LogP contribution in [0.1, 0.15) is 18.4 Å². The van der Waals surface area contributed by atoms with Gasteiger partial charge < -0.3 is 5.73 Å². The van der Waals surface area contributed by atoms with Gasteiger partial charge in [-0.05, 0) is 43.5 Å². The summed E-state index contributed by atoms with van der Waals surface area (Å²) < 4.78 is 39.6. The molecular weight excluding hydrogens is 317 g/mol. The molecule has 1 aliphatic heterocycles. The smallest absolute Gasteiger partial charge is 0.243 e. The lowest BCUT2D eigenvalue weighted by Gasteiger charge is -2.31. The molecule has 5 nitrogen and oxygen atoms in total. The Labute approximate surface area is 130 Å². The average Bonchev–Trinajstić information content (AvgIpc) is 2.47. The van der Waals surface area contributed by atoms with E-state index in [1.807, 2.05) is 0 Å². The summed E-state index contributed by atoms with van der Waals surface area (Å²) in [6.45, 7) is 1.25. The van der Waals surface area contributed by atoms with Gasteiger partial charge in [0.05, 0.1) is 10.5 Å². The second-order valence-electron chi connectivity index (χ2n) is 4.86. The monoisotopic (exact) mass is 333 g/mol. The molecular formula is C13H17ClFN3O2S. The third-order valence-corrected chi connectivity index (χ3v) is 5.37. The predicted octanol–water partition coefficient (Wildman–Crippen LogP) is 1.48. The van der Waals surface area contributed by atoms with Gasteiger partial charge in [0.25, 0.3) is 0 Å². The Morgan fingerprint density at radius 1 is 1.48 bits per heavy atom. The largest absolute Gasteiger partial charge is 0.330 e. The maximum absolute atomic E-state index is 13.3. The van der Waals surface area contributed by atoms with E-state index in [0.717, 1.165) is 25.0 Å². The van der Waals surface area contributed by atoms with Gasteiger partial charge in [0.1, 0.15) is 11.9 Å². The summed E-state index contributed by atoms with van der Waals surface area (Å²) in [5.41, 5.74) is 5.33. The first-order chi connectivity index (χ1) is 9.48. The molecule has 1 saturated heterocycles. The van der Waals surface area contributed by atoms with Crippen molar-refractivity contribution in [2.75, 3.05) is 19.6 Å². The number of nitrogens with zero attached hydrogens (tertiary/aromatic N) is 2. The number of sulfonamides is 1. The molecule has 1 unspecified atom stereocenters. The second kappa shape index (κ2) is 7.18. The highest BCUT2D eigenvalue weighted by atomic mass is 35.5. The van der Waals surface area contributed by atoms with E-state index in [1.54, 1.807) is 6.07 Å². The van der Waals surface area contributed by atoms with E-state index >= 15 is 0 Å². The molecule has 0 amide bonds. The van der Waals surface area contributed by atoms with Crippen molar-refractivity contribution < 1.29 is 12.8 Å². The molecule has 21 heavy (non-hydrogen) atoms. The first-order valence-corrected chi connectivity index (χ1v) is 7.83. The van der Waals surface area contributed by atoms with Crippen molar-refractivity contribution in [2.24, 2.45) is 11.7 Å². The number of hydrogen-bond donors (Lipinski definition) is 1. The molecule has 2 N–H and O–H groups in total. The molecule has 1 fully saturated rings. The van der Waals surface area contributed by atoms with Crippen LogP contribution >= 0.6 is 12.4 Å². The van der Waals surface area contributed by atoms with Crippen LogP contribution in [0, 0.1) is 23.1 Å². The highest BCUT2D eigenvalue weighted by Gasteiger charge is 2.30. The van der Waals surface area contributed by atoms with E-state index in [0.29, 0.717) is 19.6 Å². The maximum Gasteiger partial charge on any atom is 0.243 e. The minimum absolute atomic E-state index is 0. The fourth-order valence-electron chi connectivity index (χ4n) is 2.34. The molecule has 0 aliphatic carbocycles. The van der Waals surface area contributed by atoms with Crippen molar-refractivity contribution in [3.05, 3.63) is 29.6 Å². The van der Waals surface area contributed by atoms with Crippen molar-refractivity contribution in [1.29, 1.82) is 5.26 Å². The lowest BCUT2D eigenvalue weighted by molar-refractivity contribution is 0.271. The Balaban J connectivity index is 0.00000220. The van der Waals surface area contributed by atoms with E-state index < -0.39 is 15.8 Å². The zero-order valence-electron chi connectivity index (χ0n) is 11.3. The number of nitriles is 1. The molecule has 0 radical (unpaired) electrons. The summed E-state index contributed by atoms with van der Waals surface area (Å²) in [7, 11) is -3.69. The number of piperidine rings is 1. The van der Waals surface area contributed by atoms with E-state index in [9.17, 15) is 12.8 Å². The SMILES string of the molecule is Cl.N#Cc1cc(S(=O)(=O)N2CCCC(CN)C2)ccc1F. The Hall–Kier alpha value is -1.20. The zero-order valence-corrected chi connectivity index (χ0v) is 13.0. The van der Waals surface area contributed by atoms with Crippen molar-refractivity contribution >= 4 is 22.4 Å². The van der Waals surface area contributed by atoms with Gasteiger partial charge in [-0.25, -0.2) is 12.8 Å². The molecule has 1 aliphatic rings. The van der Waals surface area contributed by atoms with Crippen molar-refractivity contribution in [1.82, 2.24) is 4.31 Å². The molecule has 116 valence electrons. The summed E-state index contributed by atoms with van der Waals surface area (Å²) >= 11 is 0. The van der Waals surface area contributed by atoms with Gasteiger partial charge in [-0.3, -0.25) is 0 Å². The second-order valence-corrected chi connectivity index (χ2v) is 6.80. The van der Waals surface area contributed by atoms with Crippen LogP contribution in [-0.4, -0.2) is 32.4 Å². The lowest BCUT2D eigenvalue weighted by Crippen LogP contribution is -2.41. The maximum atomic E-state index is 13.3. The molecule has 1 atom stereocenters. The van der Waals surface area contributed by atoms with Crippen molar-refractivity contribution in [3.63, 3.8) is 0 Å².